The molecule has 21 heteroatoms. The first-order valence-corrected chi connectivity index (χ1v) is 26.0. The molecule has 0 amide bonds. The van der Waals surface area contributed by atoms with E-state index in [-0.39, 0.29) is 0 Å². The fourth-order valence-electron chi connectivity index (χ4n) is 3.57. The molecule has 0 N–H and O–H groups in total. The topological polar surface area (TPSA) is 111 Å². The predicted molar refractivity (Wildman–Crippen MR) is 152 cm³/mol. The highest BCUT2D eigenvalue weighted by Gasteiger charge is 2.76. The maximum absolute atomic E-state index is 6.59. The Morgan fingerprint density at radius 1 is 0.459 bits per heavy atom. The lowest BCUT2D eigenvalue weighted by Crippen LogP contribution is -2.82. The van der Waals surface area contributed by atoms with E-state index in [1.54, 1.807) is 5.70 Å². The van der Waals surface area contributed by atoms with Crippen molar-refractivity contribution in [2.24, 2.45) is 0 Å². The Kier molecular flexibility index (Phi) is 8.27. The highest BCUT2D eigenvalue weighted by molar-refractivity contribution is 7.04. The standard InChI is InChI=1S/C16H28O12Si9/c1-9-29-17-31(10-2)20-34(13-5)22-32(11-3)18-30-19-33(12-4)23-35(14-6,21-31)27-37(16-8,26-34)28-36(15-7,24-32)25-33/h9-16H,1-8,29-30H2. The summed E-state index contributed by atoms with van der Waals surface area (Å²) in [6, 6.07) is 0. The molecule has 0 aromatic rings. The first kappa shape index (κ1) is 29.4. The minimum absolute atomic E-state index is 1.37. The summed E-state index contributed by atoms with van der Waals surface area (Å²) in [4.78, 5) is 0. The predicted octanol–water partition coefficient (Wildman–Crippen LogP) is 0.115. The molecule has 4 saturated heterocycles. The van der Waals surface area contributed by atoms with Gasteiger partial charge in [0.05, 0.1) is 0 Å². The fourth-order valence-corrected chi connectivity index (χ4v) is 41.5. The molecule has 4 fully saturated rings. The van der Waals surface area contributed by atoms with Gasteiger partial charge in [0.15, 0.2) is 9.76 Å². The van der Waals surface area contributed by atoms with Crippen LogP contribution in [0.25, 0.3) is 0 Å². The summed E-state index contributed by atoms with van der Waals surface area (Å²) in [5.41, 5.74) is 11.4. The molecule has 4 rings (SSSR count). The zero-order valence-corrected chi connectivity index (χ0v) is 29.9. The maximum atomic E-state index is 6.59. The van der Waals surface area contributed by atoms with Gasteiger partial charge in [-0.05, 0) is 39.9 Å². The van der Waals surface area contributed by atoms with Crippen LogP contribution in [0.3, 0.4) is 0 Å². The lowest BCUT2D eigenvalue weighted by atomic mass is 11.3. The van der Waals surface area contributed by atoms with E-state index in [0.717, 1.165) is 0 Å². The van der Waals surface area contributed by atoms with Gasteiger partial charge in [-0.25, -0.2) is 0 Å². The SMILES string of the molecule is C=C[SiH2]O[Si]1(C=C)O[Si]2(C=C)O[Si]3(C=C)O[SiH2]O[Si]4(C=C)O[Si](C=C)(O1)O[Si](C=C)(O2)O[Si](C=C)(O3)O4. The van der Waals surface area contributed by atoms with E-state index in [4.69, 9.17) is 49.4 Å². The lowest BCUT2D eigenvalue weighted by molar-refractivity contribution is 0.0283. The number of fused-ring (bicyclic) bond motifs is 4. The van der Waals surface area contributed by atoms with Crippen LogP contribution in [0, 0.1) is 0 Å². The molecule has 0 aliphatic carbocycles. The molecule has 6 bridgehead atoms. The summed E-state index contributed by atoms with van der Waals surface area (Å²) in [5, 5.41) is 0. The first-order chi connectivity index (χ1) is 17.6. The molecule has 4 unspecified atom stereocenters. The van der Waals surface area contributed by atoms with Crippen LogP contribution >= 0.6 is 0 Å². The third kappa shape index (κ3) is 5.17. The van der Waals surface area contributed by atoms with Crippen LogP contribution in [0.1, 0.15) is 0 Å². The zero-order valence-electron chi connectivity index (χ0n) is 20.1. The quantitative estimate of drug-likeness (QED) is 0.296. The van der Waals surface area contributed by atoms with Crippen LogP contribution in [0.4, 0.5) is 0 Å². The lowest BCUT2D eigenvalue weighted by Gasteiger charge is -2.56. The molecule has 0 spiro atoms. The molecule has 0 radical (unpaired) electrons. The van der Waals surface area contributed by atoms with Gasteiger partial charge >= 0.3 is 61.6 Å². The first-order valence-electron chi connectivity index (χ1n) is 10.8. The van der Waals surface area contributed by atoms with Gasteiger partial charge in [0.2, 0.25) is 0 Å². The van der Waals surface area contributed by atoms with Crippen LogP contribution in [0.15, 0.2) is 98.2 Å². The highest BCUT2D eigenvalue weighted by Crippen LogP contribution is 2.44. The summed E-state index contributed by atoms with van der Waals surface area (Å²) < 4.78 is 77.6. The molecule has 4 atom stereocenters. The number of hydrogen-bond acceptors (Lipinski definition) is 12. The van der Waals surface area contributed by atoms with E-state index in [9.17, 15) is 0 Å². The Labute approximate surface area is 228 Å². The van der Waals surface area contributed by atoms with E-state index in [2.05, 4.69) is 52.6 Å². The van der Waals surface area contributed by atoms with Crippen molar-refractivity contribution in [3.05, 3.63) is 98.2 Å². The Morgan fingerprint density at radius 2 is 0.784 bits per heavy atom. The van der Waals surface area contributed by atoms with E-state index >= 15 is 0 Å². The van der Waals surface area contributed by atoms with Crippen LogP contribution in [-0.2, 0) is 49.4 Å². The van der Waals surface area contributed by atoms with Crippen LogP contribution < -0.4 is 0 Å². The molecule has 0 aromatic heterocycles. The Balaban J connectivity index is 2.08. The molecule has 4 heterocycles. The van der Waals surface area contributed by atoms with Crippen LogP contribution in [-0.4, -0.2) is 81.4 Å². The second-order valence-corrected chi connectivity index (χ2v) is 30.8. The van der Waals surface area contributed by atoms with Crippen LogP contribution in [0.5, 0.6) is 0 Å². The largest absolute Gasteiger partial charge is 0.507 e. The highest BCUT2D eigenvalue weighted by atomic mass is 28.6. The second-order valence-electron chi connectivity index (χ2n) is 7.58. The second kappa shape index (κ2) is 10.4. The summed E-state index contributed by atoms with van der Waals surface area (Å²) in [7, 11) is -31.4. The van der Waals surface area contributed by atoms with Gasteiger partial charge in [0.25, 0.3) is 10.0 Å². The van der Waals surface area contributed by atoms with Gasteiger partial charge in [-0.3, -0.25) is 0 Å². The van der Waals surface area contributed by atoms with Crippen molar-refractivity contribution < 1.29 is 49.4 Å². The Bertz CT molecular complexity index is 995. The summed E-state index contributed by atoms with van der Waals surface area (Å²) in [6.07, 6.45) is 0. The maximum Gasteiger partial charge on any atom is 0.507 e. The van der Waals surface area contributed by atoms with E-state index in [1.165, 1.54) is 39.9 Å². The average Bonchev–Trinajstić information content (AvgIpc) is 2.87. The molecular formula is C16H28O12Si9. The van der Waals surface area contributed by atoms with Gasteiger partial charge in [-0.15, -0.1) is 52.6 Å². The van der Waals surface area contributed by atoms with Gasteiger partial charge in [-0.1, -0.05) is 5.70 Å². The smallest absolute Gasteiger partial charge is 0.415 e. The molecule has 12 nitrogen and oxygen atoms in total. The molecule has 37 heavy (non-hydrogen) atoms. The molecule has 0 aromatic carbocycles. The van der Waals surface area contributed by atoms with E-state index in [1.807, 2.05) is 0 Å². The van der Waals surface area contributed by atoms with Crippen molar-refractivity contribution in [3.8, 4) is 0 Å². The molecule has 0 saturated carbocycles. The molecule has 4 aliphatic heterocycles. The minimum atomic E-state index is -4.12. The normalized spacial score (nSPS) is 47.9. The minimum Gasteiger partial charge on any atom is -0.415 e. The molecule has 4 aliphatic rings. The van der Waals surface area contributed by atoms with Crippen molar-refractivity contribution in [3.63, 3.8) is 0 Å². The number of hydrogen-bond donors (Lipinski definition) is 0. The van der Waals surface area contributed by atoms with Crippen molar-refractivity contribution in [2.45, 2.75) is 0 Å². The summed E-state index contributed by atoms with van der Waals surface area (Å²) in [6.45, 7) is 31.1. The summed E-state index contributed by atoms with van der Waals surface area (Å²) >= 11 is 0. The Hall–Kier alpha value is -0.608. The molecular weight excluding hydrogens is 637 g/mol. The zero-order chi connectivity index (χ0) is 27.1. The van der Waals surface area contributed by atoms with Gasteiger partial charge in [0.1, 0.15) is 0 Å². The summed E-state index contributed by atoms with van der Waals surface area (Å²) in [5.74, 6) is 0. The third-order valence-corrected chi connectivity index (χ3v) is 35.9. The number of rotatable bonds is 10. The van der Waals surface area contributed by atoms with Crippen molar-refractivity contribution in [1.29, 1.82) is 0 Å². The Morgan fingerprint density at radius 3 is 1.08 bits per heavy atom. The fraction of sp³-hybridized carbons (Fsp3) is 0. The third-order valence-electron chi connectivity index (χ3n) is 5.23. The van der Waals surface area contributed by atoms with Gasteiger partial charge in [0, 0.05) is 0 Å². The van der Waals surface area contributed by atoms with Crippen molar-refractivity contribution >= 4 is 81.4 Å². The molecule has 200 valence electrons. The van der Waals surface area contributed by atoms with Crippen molar-refractivity contribution in [2.75, 3.05) is 0 Å². The van der Waals surface area contributed by atoms with Crippen molar-refractivity contribution in [1.82, 2.24) is 0 Å². The monoisotopic (exact) mass is 664 g/mol. The van der Waals surface area contributed by atoms with E-state index < -0.39 is 81.4 Å². The van der Waals surface area contributed by atoms with Gasteiger partial charge in [-0.2, -0.15) is 0 Å². The average molecular weight is 665 g/mol. The van der Waals surface area contributed by atoms with E-state index in [0.29, 0.717) is 0 Å². The van der Waals surface area contributed by atoms with Crippen LogP contribution in [0.2, 0.25) is 0 Å². The van der Waals surface area contributed by atoms with Gasteiger partial charge < -0.3 is 49.4 Å².